The second-order valence-electron chi connectivity index (χ2n) is 6.55. The molecule has 2 aromatic heterocycles. The summed E-state index contributed by atoms with van der Waals surface area (Å²) in [6.45, 7) is 0.889. The molecular formula is C20H20Cl2N4O3S2. The van der Waals surface area contributed by atoms with E-state index in [1.807, 2.05) is 36.4 Å². The molecule has 0 radical (unpaired) electrons. The molecule has 4 aromatic rings. The molecule has 0 atom stereocenters. The number of ether oxygens (including phenoxy) is 1. The maximum Gasteiger partial charge on any atom is 0.272 e. The second-order valence-corrected chi connectivity index (χ2v) is 10.2. The number of rotatable bonds is 7. The number of sulfonamides is 1. The first-order chi connectivity index (χ1) is 14.4. The van der Waals surface area contributed by atoms with Crippen LogP contribution in [0, 0.1) is 0 Å². The summed E-state index contributed by atoms with van der Waals surface area (Å²) in [6.07, 6.45) is 0. The van der Waals surface area contributed by atoms with Gasteiger partial charge in [-0.1, -0.05) is 41.9 Å². The number of aromatic nitrogens is 2. The summed E-state index contributed by atoms with van der Waals surface area (Å²) in [5.74, 6) is 0.721. The van der Waals surface area contributed by atoms with Crippen LogP contribution < -0.4 is 15.2 Å². The van der Waals surface area contributed by atoms with Crippen molar-refractivity contribution < 1.29 is 13.2 Å². The van der Waals surface area contributed by atoms with E-state index in [0.717, 1.165) is 28.0 Å². The Kier molecular flexibility index (Phi) is 7.13. The molecule has 4 rings (SSSR count). The number of thiophene rings is 1. The molecule has 0 fully saturated rings. The Morgan fingerprint density at radius 2 is 1.90 bits per heavy atom. The molecule has 2 aromatic carbocycles. The van der Waals surface area contributed by atoms with Crippen LogP contribution in [0.4, 0.5) is 5.82 Å². The summed E-state index contributed by atoms with van der Waals surface area (Å²) < 4.78 is 36.0. The third kappa shape index (κ3) is 4.81. The van der Waals surface area contributed by atoms with Gasteiger partial charge < -0.3 is 10.5 Å². The Bertz CT molecular complexity index is 1320. The Morgan fingerprint density at radius 3 is 2.58 bits per heavy atom. The first kappa shape index (κ1) is 23.4. The fourth-order valence-electron chi connectivity index (χ4n) is 3.21. The van der Waals surface area contributed by atoms with Crippen molar-refractivity contribution in [3.8, 4) is 5.75 Å². The third-order valence-electron chi connectivity index (χ3n) is 4.56. The zero-order valence-corrected chi connectivity index (χ0v) is 19.6. The van der Waals surface area contributed by atoms with Crippen molar-refractivity contribution in [2.75, 3.05) is 11.8 Å². The van der Waals surface area contributed by atoms with E-state index in [2.05, 4.69) is 9.82 Å². The van der Waals surface area contributed by atoms with Crippen LogP contribution >= 0.6 is 35.3 Å². The van der Waals surface area contributed by atoms with Gasteiger partial charge in [0.05, 0.1) is 28.9 Å². The average Bonchev–Trinajstić information content (AvgIpc) is 3.32. The van der Waals surface area contributed by atoms with Gasteiger partial charge in [-0.15, -0.1) is 23.7 Å². The largest absolute Gasteiger partial charge is 0.496 e. The SMILES string of the molecule is COc1cccc2c1c(NS(=O)(=O)c1ccc(Cl)s1)nn2Cc1cccc(CN)c1.Cl. The lowest BCUT2D eigenvalue weighted by atomic mass is 10.1. The van der Waals surface area contributed by atoms with Crippen LogP contribution in [0.2, 0.25) is 4.34 Å². The van der Waals surface area contributed by atoms with Gasteiger partial charge in [0.2, 0.25) is 0 Å². The van der Waals surface area contributed by atoms with Gasteiger partial charge in [0.1, 0.15) is 9.96 Å². The second kappa shape index (κ2) is 9.46. The van der Waals surface area contributed by atoms with Crippen molar-refractivity contribution >= 4 is 62.1 Å². The number of nitrogens with zero attached hydrogens (tertiary/aromatic N) is 2. The minimum absolute atomic E-state index is 0. The van der Waals surface area contributed by atoms with E-state index in [1.54, 1.807) is 16.8 Å². The molecule has 0 aliphatic heterocycles. The van der Waals surface area contributed by atoms with Gasteiger partial charge in [-0.05, 0) is 35.4 Å². The number of hydrogen-bond acceptors (Lipinski definition) is 6. The predicted molar refractivity (Wildman–Crippen MR) is 127 cm³/mol. The maximum atomic E-state index is 12.8. The summed E-state index contributed by atoms with van der Waals surface area (Å²) >= 11 is 6.89. The molecule has 0 spiro atoms. The number of methoxy groups -OCH3 is 1. The summed E-state index contributed by atoms with van der Waals surface area (Å²) in [6, 6.07) is 16.4. The zero-order chi connectivity index (χ0) is 21.3. The average molecular weight is 499 g/mol. The van der Waals surface area contributed by atoms with Crippen molar-refractivity contribution in [1.82, 2.24) is 9.78 Å². The van der Waals surface area contributed by atoms with Crippen LogP contribution in [-0.2, 0) is 23.1 Å². The molecule has 7 nitrogen and oxygen atoms in total. The number of benzene rings is 2. The van der Waals surface area contributed by atoms with E-state index in [4.69, 9.17) is 22.1 Å². The van der Waals surface area contributed by atoms with Crippen LogP contribution in [0.1, 0.15) is 11.1 Å². The zero-order valence-electron chi connectivity index (χ0n) is 16.4. The van der Waals surface area contributed by atoms with Crippen molar-refractivity contribution in [2.24, 2.45) is 5.73 Å². The highest BCUT2D eigenvalue weighted by Gasteiger charge is 2.23. The maximum absolute atomic E-state index is 12.8. The van der Waals surface area contributed by atoms with Gasteiger partial charge >= 0.3 is 0 Å². The fourth-order valence-corrected chi connectivity index (χ4v) is 5.70. The smallest absolute Gasteiger partial charge is 0.272 e. The van der Waals surface area contributed by atoms with E-state index in [1.165, 1.54) is 13.2 Å². The predicted octanol–water partition coefficient (Wildman–Crippen LogP) is 4.49. The van der Waals surface area contributed by atoms with E-state index in [9.17, 15) is 8.42 Å². The molecule has 31 heavy (non-hydrogen) atoms. The van der Waals surface area contributed by atoms with Crippen LogP contribution in [0.25, 0.3) is 10.9 Å². The number of nitrogens with two attached hydrogens (primary N) is 1. The van der Waals surface area contributed by atoms with Gasteiger partial charge in [0.15, 0.2) is 5.82 Å². The summed E-state index contributed by atoms with van der Waals surface area (Å²) in [5, 5.41) is 5.14. The highest BCUT2D eigenvalue weighted by atomic mass is 35.5. The normalized spacial score (nSPS) is 11.3. The number of hydrogen-bond donors (Lipinski definition) is 2. The van der Waals surface area contributed by atoms with E-state index in [-0.39, 0.29) is 22.4 Å². The standard InChI is InChI=1S/C20H19ClN4O3S2.ClH/c1-28-16-7-3-6-15-19(16)20(24-30(26,27)18-9-8-17(21)29-18)23-25(15)12-14-5-2-4-13(10-14)11-22;/h2-10H,11-12,22H2,1H3,(H,23,24);1H. The minimum atomic E-state index is -3.84. The number of halogens is 2. The molecule has 2 heterocycles. The first-order valence-electron chi connectivity index (χ1n) is 9.01. The number of anilines is 1. The van der Waals surface area contributed by atoms with Gasteiger partial charge in [-0.3, -0.25) is 9.40 Å². The molecule has 0 unspecified atom stereocenters. The van der Waals surface area contributed by atoms with Crippen LogP contribution in [0.5, 0.6) is 5.75 Å². The summed E-state index contributed by atoms with van der Waals surface area (Å²) in [4.78, 5) is 0. The van der Waals surface area contributed by atoms with Crippen LogP contribution in [-0.4, -0.2) is 25.3 Å². The third-order valence-corrected chi connectivity index (χ3v) is 7.63. The molecule has 164 valence electrons. The summed E-state index contributed by atoms with van der Waals surface area (Å²) in [7, 11) is -2.31. The number of fused-ring (bicyclic) bond motifs is 1. The van der Waals surface area contributed by atoms with E-state index < -0.39 is 10.0 Å². The van der Waals surface area contributed by atoms with Gasteiger partial charge in [-0.2, -0.15) is 5.10 Å². The molecule has 11 heteroatoms. The Hall–Kier alpha value is -2.30. The monoisotopic (exact) mass is 498 g/mol. The topological polar surface area (TPSA) is 99.2 Å². The molecular weight excluding hydrogens is 479 g/mol. The van der Waals surface area contributed by atoms with E-state index >= 15 is 0 Å². The Morgan fingerprint density at radius 1 is 1.16 bits per heavy atom. The van der Waals surface area contributed by atoms with Crippen molar-refractivity contribution in [1.29, 1.82) is 0 Å². The lowest BCUT2D eigenvalue weighted by Crippen LogP contribution is -2.12. The molecule has 0 amide bonds. The lowest BCUT2D eigenvalue weighted by molar-refractivity contribution is 0.420. The summed E-state index contributed by atoms with van der Waals surface area (Å²) in [5.41, 5.74) is 8.51. The molecule has 0 saturated heterocycles. The highest BCUT2D eigenvalue weighted by Crippen LogP contribution is 2.35. The van der Waals surface area contributed by atoms with Crippen molar-refractivity contribution in [3.05, 3.63) is 70.1 Å². The Balaban J connectivity index is 0.00000272. The lowest BCUT2D eigenvalue weighted by Gasteiger charge is -2.06. The van der Waals surface area contributed by atoms with Crippen LogP contribution in [0.3, 0.4) is 0 Å². The van der Waals surface area contributed by atoms with Gasteiger partial charge in [0.25, 0.3) is 10.0 Å². The number of nitrogens with one attached hydrogen (secondary N) is 1. The molecule has 0 saturated carbocycles. The van der Waals surface area contributed by atoms with Crippen molar-refractivity contribution in [2.45, 2.75) is 17.3 Å². The van der Waals surface area contributed by atoms with Gasteiger partial charge in [0, 0.05) is 6.54 Å². The van der Waals surface area contributed by atoms with E-state index in [0.29, 0.717) is 28.6 Å². The fraction of sp³-hybridized carbons (Fsp3) is 0.150. The quantitative estimate of drug-likeness (QED) is 0.391. The Labute approximate surface area is 195 Å². The molecule has 0 aliphatic rings. The molecule has 0 bridgehead atoms. The minimum Gasteiger partial charge on any atom is -0.496 e. The highest BCUT2D eigenvalue weighted by molar-refractivity contribution is 7.94. The van der Waals surface area contributed by atoms with Gasteiger partial charge in [-0.25, -0.2) is 8.42 Å². The molecule has 3 N–H and O–H groups in total. The van der Waals surface area contributed by atoms with Crippen LogP contribution in [0.15, 0.2) is 58.8 Å². The molecule has 0 aliphatic carbocycles. The first-order valence-corrected chi connectivity index (χ1v) is 11.7. The van der Waals surface area contributed by atoms with Crippen molar-refractivity contribution in [3.63, 3.8) is 0 Å².